The fourth-order valence-corrected chi connectivity index (χ4v) is 4.40. The zero-order chi connectivity index (χ0) is 15.5. The SMILES string of the molecule is CC(C)(C)N1CC(CN2CC3(CCN(C(C)(C)C)C3)C2)C1. The van der Waals surface area contributed by atoms with Crippen molar-refractivity contribution in [2.24, 2.45) is 11.3 Å². The summed E-state index contributed by atoms with van der Waals surface area (Å²) in [6, 6.07) is 0. The van der Waals surface area contributed by atoms with Crippen molar-refractivity contribution in [2.75, 3.05) is 45.8 Å². The van der Waals surface area contributed by atoms with Gasteiger partial charge in [0.15, 0.2) is 0 Å². The van der Waals surface area contributed by atoms with Crippen LogP contribution in [0, 0.1) is 11.3 Å². The van der Waals surface area contributed by atoms with Gasteiger partial charge >= 0.3 is 0 Å². The molecule has 0 N–H and O–H groups in total. The van der Waals surface area contributed by atoms with Crippen molar-refractivity contribution in [1.82, 2.24) is 14.7 Å². The first-order valence-electron chi connectivity index (χ1n) is 8.80. The Morgan fingerprint density at radius 2 is 1.43 bits per heavy atom. The molecule has 3 aliphatic rings. The van der Waals surface area contributed by atoms with Crippen LogP contribution in [0.1, 0.15) is 48.0 Å². The molecule has 0 amide bonds. The molecule has 0 radical (unpaired) electrons. The minimum atomic E-state index is 0.352. The highest BCUT2D eigenvalue weighted by molar-refractivity contribution is 5.04. The quantitative estimate of drug-likeness (QED) is 0.774. The molecule has 122 valence electrons. The molecular weight excluding hydrogens is 258 g/mol. The van der Waals surface area contributed by atoms with Crippen LogP contribution in [0.4, 0.5) is 0 Å². The lowest BCUT2D eigenvalue weighted by Gasteiger charge is -2.54. The Hall–Kier alpha value is -0.120. The summed E-state index contributed by atoms with van der Waals surface area (Å²) < 4.78 is 0. The number of hydrogen-bond donors (Lipinski definition) is 0. The fraction of sp³-hybridized carbons (Fsp3) is 1.00. The summed E-state index contributed by atoms with van der Waals surface area (Å²) in [5.74, 6) is 0.918. The molecule has 3 aliphatic heterocycles. The molecule has 0 aromatic carbocycles. The van der Waals surface area contributed by atoms with Gasteiger partial charge in [-0.25, -0.2) is 0 Å². The Morgan fingerprint density at radius 3 is 1.90 bits per heavy atom. The van der Waals surface area contributed by atoms with Gasteiger partial charge in [0, 0.05) is 55.8 Å². The van der Waals surface area contributed by atoms with Gasteiger partial charge in [0.2, 0.25) is 0 Å². The average Bonchev–Trinajstić information content (AvgIpc) is 2.63. The second kappa shape index (κ2) is 4.94. The molecule has 0 aromatic rings. The molecule has 0 unspecified atom stereocenters. The van der Waals surface area contributed by atoms with Crippen molar-refractivity contribution in [3.8, 4) is 0 Å². The van der Waals surface area contributed by atoms with Crippen LogP contribution in [0.5, 0.6) is 0 Å². The molecule has 3 saturated heterocycles. The lowest BCUT2D eigenvalue weighted by Crippen LogP contribution is -2.63. The lowest BCUT2D eigenvalue weighted by molar-refractivity contribution is -0.0517. The van der Waals surface area contributed by atoms with Crippen LogP contribution >= 0.6 is 0 Å². The maximum Gasteiger partial charge on any atom is 0.0125 e. The van der Waals surface area contributed by atoms with Crippen molar-refractivity contribution >= 4 is 0 Å². The van der Waals surface area contributed by atoms with E-state index in [1.54, 1.807) is 0 Å². The van der Waals surface area contributed by atoms with E-state index in [4.69, 9.17) is 0 Å². The highest BCUT2D eigenvalue weighted by Gasteiger charge is 2.50. The van der Waals surface area contributed by atoms with E-state index in [1.165, 1.54) is 52.2 Å². The molecule has 21 heavy (non-hydrogen) atoms. The van der Waals surface area contributed by atoms with Crippen molar-refractivity contribution < 1.29 is 0 Å². The normalized spacial score (nSPS) is 28.9. The molecule has 3 heteroatoms. The molecule has 0 saturated carbocycles. The topological polar surface area (TPSA) is 9.72 Å². The smallest absolute Gasteiger partial charge is 0.0125 e. The van der Waals surface area contributed by atoms with E-state index >= 15 is 0 Å². The molecule has 3 nitrogen and oxygen atoms in total. The number of rotatable bonds is 2. The summed E-state index contributed by atoms with van der Waals surface area (Å²) in [6.45, 7) is 23.4. The van der Waals surface area contributed by atoms with Gasteiger partial charge in [-0.05, 0) is 60.4 Å². The summed E-state index contributed by atoms with van der Waals surface area (Å²) >= 11 is 0. The summed E-state index contributed by atoms with van der Waals surface area (Å²) in [6.07, 6.45) is 1.42. The van der Waals surface area contributed by atoms with Gasteiger partial charge in [0.05, 0.1) is 0 Å². The van der Waals surface area contributed by atoms with E-state index in [0.717, 1.165) is 5.92 Å². The maximum absolute atomic E-state index is 2.72. The molecule has 0 atom stereocenters. The summed E-state index contributed by atoms with van der Waals surface area (Å²) in [4.78, 5) is 8.02. The second-order valence-corrected chi connectivity index (χ2v) is 9.95. The third kappa shape index (κ3) is 3.16. The Kier molecular flexibility index (Phi) is 3.71. The van der Waals surface area contributed by atoms with Crippen LogP contribution in [0.2, 0.25) is 0 Å². The summed E-state index contributed by atoms with van der Waals surface area (Å²) in [5, 5.41) is 0. The van der Waals surface area contributed by atoms with Crippen LogP contribution in [0.3, 0.4) is 0 Å². The van der Waals surface area contributed by atoms with Gasteiger partial charge in [0.1, 0.15) is 0 Å². The Balaban J connectivity index is 1.40. The Morgan fingerprint density at radius 1 is 0.857 bits per heavy atom. The zero-order valence-corrected chi connectivity index (χ0v) is 15.1. The van der Waals surface area contributed by atoms with Crippen molar-refractivity contribution in [2.45, 2.75) is 59.0 Å². The van der Waals surface area contributed by atoms with Crippen LogP contribution in [-0.2, 0) is 0 Å². The third-order valence-electron chi connectivity index (χ3n) is 5.93. The molecule has 3 rings (SSSR count). The van der Waals surface area contributed by atoms with Gasteiger partial charge in [0.25, 0.3) is 0 Å². The van der Waals surface area contributed by atoms with Crippen LogP contribution in [-0.4, -0.2) is 71.6 Å². The minimum absolute atomic E-state index is 0.352. The van der Waals surface area contributed by atoms with Crippen molar-refractivity contribution in [1.29, 1.82) is 0 Å². The van der Waals surface area contributed by atoms with Gasteiger partial charge in [-0.3, -0.25) is 9.80 Å². The Bertz CT molecular complexity index is 378. The average molecular weight is 293 g/mol. The number of likely N-dealkylation sites (tertiary alicyclic amines) is 3. The lowest BCUT2D eigenvalue weighted by atomic mass is 9.78. The third-order valence-corrected chi connectivity index (χ3v) is 5.93. The molecule has 0 aromatic heterocycles. The van der Waals surface area contributed by atoms with Crippen molar-refractivity contribution in [3.63, 3.8) is 0 Å². The highest BCUT2D eigenvalue weighted by atomic mass is 15.3. The molecule has 0 aliphatic carbocycles. The Labute approximate surface area is 131 Å². The van der Waals surface area contributed by atoms with Crippen LogP contribution < -0.4 is 0 Å². The second-order valence-electron chi connectivity index (χ2n) is 9.95. The van der Waals surface area contributed by atoms with E-state index in [0.29, 0.717) is 16.5 Å². The molecule has 1 spiro atoms. The molecule has 3 heterocycles. The van der Waals surface area contributed by atoms with E-state index in [1.807, 2.05) is 0 Å². The zero-order valence-electron chi connectivity index (χ0n) is 15.1. The van der Waals surface area contributed by atoms with E-state index < -0.39 is 0 Å². The first kappa shape index (κ1) is 15.8. The monoisotopic (exact) mass is 293 g/mol. The van der Waals surface area contributed by atoms with E-state index in [9.17, 15) is 0 Å². The minimum Gasteiger partial charge on any atom is -0.302 e. The molecule has 3 fully saturated rings. The molecular formula is C18H35N3. The first-order valence-corrected chi connectivity index (χ1v) is 8.80. The van der Waals surface area contributed by atoms with Crippen LogP contribution in [0.15, 0.2) is 0 Å². The fourth-order valence-electron chi connectivity index (χ4n) is 4.40. The predicted molar refractivity (Wildman–Crippen MR) is 89.6 cm³/mol. The number of nitrogens with zero attached hydrogens (tertiary/aromatic N) is 3. The summed E-state index contributed by atoms with van der Waals surface area (Å²) in [7, 11) is 0. The van der Waals surface area contributed by atoms with Gasteiger partial charge < -0.3 is 4.90 Å². The maximum atomic E-state index is 2.72. The molecule has 0 bridgehead atoms. The number of hydrogen-bond acceptors (Lipinski definition) is 3. The van der Waals surface area contributed by atoms with Crippen molar-refractivity contribution in [3.05, 3.63) is 0 Å². The van der Waals surface area contributed by atoms with Crippen LogP contribution in [0.25, 0.3) is 0 Å². The first-order chi connectivity index (χ1) is 9.57. The van der Waals surface area contributed by atoms with Gasteiger partial charge in [-0.1, -0.05) is 0 Å². The van der Waals surface area contributed by atoms with E-state index in [-0.39, 0.29) is 0 Å². The largest absolute Gasteiger partial charge is 0.302 e. The van der Waals surface area contributed by atoms with E-state index in [2.05, 4.69) is 56.2 Å². The van der Waals surface area contributed by atoms with Gasteiger partial charge in [-0.2, -0.15) is 0 Å². The predicted octanol–water partition coefficient (Wildman–Crippen LogP) is 2.52. The standard InChI is InChI=1S/C18H35N3/c1-16(2,3)20-8-7-18(14-20)12-19(13-18)9-15-10-21(11-15)17(4,5)6/h15H,7-14H2,1-6H3. The highest BCUT2D eigenvalue weighted by Crippen LogP contribution is 2.42. The summed E-state index contributed by atoms with van der Waals surface area (Å²) in [5.41, 5.74) is 1.36. The van der Waals surface area contributed by atoms with Gasteiger partial charge in [-0.15, -0.1) is 0 Å².